The maximum atomic E-state index is 6.50. The lowest BCUT2D eigenvalue weighted by atomic mass is 10.2. The summed E-state index contributed by atoms with van der Waals surface area (Å²) in [6.07, 6.45) is 0. The Morgan fingerprint density at radius 3 is 2.36 bits per heavy atom. The maximum Gasteiger partial charge on any atom is 0.0178 e. The highest BCUT2D eigenvalue weighted by atomic mass is 79.9. The Morgan fingerprint density at radius 2 is 2.00 bits per heavy atom. The first-order chi connectivity index (χ1) is 5.33. The van der Waals surface area contributed by atoms with Gasteiger partial charge in [0.15, 0.2) is 0 Å². The van der Waals surface area contributed by atoms with Crippen molar-refractivity contribution in [2.45, 2.75) is 6.54 Å². The molecule has 1 aromatic carbocycles. The van der Waals surface area contributed by atoms with E-state index >= 15 is 0 Å². The normalized spacial score (nSPS) is 8.36. The molecule has 11 heavy (non-hydrogen) atoms. The molecular formula is C7H11BrN2O. The number of benzene rings is 1. The Kier molecular flexibility index (Phi) is 6.06. The van der Waals surface area contributed by atoms with Crippen molar-refractivity contribution in [1.82, 2.24) is 0 Å². The Hall–Kier alpha value is -0.420. The minimum Gasteiger partial charge on any atom is -0.326 e. The lowest BCUT2D eigenvalue weighted by Crippen LogP contribution is -1.94. The van der Waals surface area contributed by atoms with Crippen LogP contribution < -0.4 is 11.6 Å². The van der Waals surface area contributed by atoms with Gasteiger partial charge in [-0.2, -0.15) is 0 Å². The van der Waals surface area contributed by atoms with Gasteiger partial charge in [0.2, 0.25) is 0 Å². The summed E-state index contributed by atoms with van der Waals surface area (Å²) in [5.74, 6) is 3.50. The fourth-order valence-corrected chi connectivity index (χ4v) is 1.11. The highest BCUT2D eigenvalue weighted by Crippen LogP contribution is 2.10. The van der Waals surface area contributed by atoms with Crippen LogP contribution in [0.25, 0.3) is 0 Å². The van der Waals surface area contributed by atoms with Gasteiger partial charge >= 0.3 is 0 Å². The first-order valence-corrected chi connectivity index (χ1v) is 3.82. The monoisotopic (exact) mass is 218 g/mol. The average Bonchev–Trinajstić information content (AvgIpc) is 2.08. The molecule has 0 aliphatic carbocycles. The molecule has 5 N–H and O–H groups in total. The Balaban J connectivity index is 0.000000461. The van der Waals surface area contributed by atoms with Gasteiger partial charge in [-0.25, -0.2) is 5.90 Å². The molecule has 4 heteroatoms. The van der Waals surface area contributed by atoms with E-state index in [4.69, 9.17) is 10.9 Å². The van der Waals surface area contributed by atoms with Gasteiger partial charge in [-0.05, 0) is 17.7 Å². The molecule has 0 fully saturated rings. The fourth-order valence-electron chi connectivity index (χ4n) is 0.664. The summed E-state index contributed by atoms with van der Waals surface area (Å²) in [4.78, 5) is 0. The standard InChI is InChI=1S/C7H8BrN.H3NO/c8-7-3-1-2-6(4-7)5-9;1-2/h1-4H,5,9H2;2H,1H2. The van der Waals surface area contributed by atoms with Crippen LogP contribution >= 0.6 is 15.9 Å². The molecule has 62 valence electrons. The van der Waals surface area contributed by atoms with Crippen LogP contribution in [0.15, 0.2) is 28.7 Å². The summed E-state index contributed by atoms with van der Waals surface area (Å²) in [5, 5.41) is 6.50. The third-order valence-electron chi connectivity index (χ3n) is 1.12. The van der Waals surface area contributed by atoms with E-state index in [0.29, 0.717) is 6.54 Å². The van der Waals surface area contributed by atoms with Gasteiger partial charge in [0.1, 0.15) is 0 Å². The molecule has 3 nitrogen and oxygen atoms in total. The number of hydrogen-bond donors (Lipinski definition) is 3. The van der Waals surface area contributed by atoms with Crippen molar-refractivity contribution >= 4 is 15.9 Å². The molecule has 0 atom stereocenters. The van der Waals surface area contributed by atoms with E-state index in [0.717, 1.165) is 10.0 Å². The third kappa shape index (κ3) is 4.10. The first-order valence-electron chi connectivity index (χ1n) is 3.03. The summed E-state index contributed by atoms with van der Waals surface area (Å²) >= 11 is 3.35. The SMILES string of the molecule is NCc1cccc(Br)c1.NO. The largest absolute Gasteiger partial charge is 0.326 e. The van der Waals surface area contributed by atoms with Crippen molar-refractivity contribution in [2.24, 2.45) is 11.6 Å². The quantitative estimate of drug-likeness (QED) is 0.622. The number of halogens is 1. The lowest BCUT2D eigenvalue weighted by molar-refractivity contribution is 0.311. The van der Waals surface area contributed by atoms with E-state index < -0.39 is 0 Å². The summed E-state index contributed by atoms with van der Waals surface area (Å²) in [6.45, 7) is 0.611. The number of hydrogen-bond acceptors (Lipinski definition) is 3. The van der Waals surface area contributed by atoms with Gasteiger partial charge in [-0.15, -0.1) is 0 Å². The zero-order valence-corrected chi connectivity index (χ0v) is 7.58. The van der Waals surface area contributed by atoms with Crippen molar-refractivity contribution in [2.75, 3.05) is 0 Å². The van der Waals surface area contributed by atoms with Crippen molar-refractivity contribution in [1.29, 1.82) is 0 Å². The highest BCUT2D eigenvalue weighted by molar-refractivity contribution is 9.10. The smallest absolute Gasteiger partial charge is 0.0178 e. The molecule has 0 saturated carbocycles. The molecule has 0 spiro atoms. The van der Waals surface area contributed by atoms with Gasteiger partial charge in [-0.3, -0.25) is 0 Å². The molecule has 0 aromatic heterocycles. The molecule has 0 heterocycles. The molecular weight excluding hydrogens is 208 g/mol. The van der Waals surface area contributed by atoms with Gasteiger partial charge in [-0.1, -0.05) is 28.1 Å². The third-order valence-corrected chi connectivity index (χ3v) is 1.62. The van der Waals surface area contributed by atoms with Crippen LogP contribution in [0.3, 0.4) is 0 Å². The van der Waals surface area contributed by atoms with E-state index in [1.54, 1.807) is 0 Å². The van der Waals surface area contributed by atoms with E-state index in [1.807, 2.05) is 24.3 Å². The predicted octanol–water partition coefficient (Wildman–Crippen LogP) is 1.24. The second-order valence-corrected chi connectivity index (χ2v) is 2.75. The van der Waals surface area contributed by atoms with Crippen molar-refractivity contribution in [3.8, 4) is 0 Å². The zero-order valence-electron chi connectivity index (χ0n) is 6.00. The minimum atomic E-state index is 0.611. The zero-order chi connectivity index (χ0) is 8.69. The Morgan fingerprint density at radius 1 is 1.36 bits per heavy atom. The first kappa shape index (κ1) is 10.6. The molecule has 0 radical (unpaired) electrons. The Bertz CT molecular complexity index is 205. The minimum absolute atomic E-state index is 0.611. The Labute approximate surface area is 74.1 Å². The van der Waals surface area contributed by atoms with Crippen LogP contribution in [0.1, 0.15) is 5.56 Å². The summed E-state index contributed by atoms with van der Waals surface area (Å²) in [6, 6.07) is 7.98. The van der Waals surface area contributed by atoms with Crippen LogP contribution in [0.4, 0.5) is 0 Å². The predicted molar refractivity (Wildman–Crippen MR) is 48.0 cm³/mol. The van der Waals surface area contributed by atoms with Crippen LogP contribution in [0.2, 0.25) is 0 Å². The molecule has 1 aromatic rings. The molecule has 0 amide bonds. The van der Waals surface area contributed by atoms with Crippen molar-refractivity contribution in [3.63, 3.8) is 0 Å². The number of rotatable bonds is 1. The summed E-state index contributed by atoms with van der Waals surface area (Å²) < 4.78 is 1.09. The molecule has 0 saturated heterocycles. The van der Waals surface area contributed by atoms with Crippen LogP contribution in [-0.2, 0) is 6.54 Å². The topological polar surface area (TPSA) is 72.3 Å². The van der Waals surface area contributed by atoms with E-state index in [9.17, 15) is 0 Å². The molecule has 0 bridgehead atoms. The van der Waals surface area contributed by atoms with E-state index in [-0.39, 0.29) is 0 Å². The van der Waals surface area contributed by atoms with Crippen LogP contribution in [0.5, 0.6) is 0 Å². The van der Waals surface area contributed by atoms with Crippen LogP contribution in [-0.4, -0.2) is 5.21 Å². The van der Waals surface area contributed by atoms with Gasteiger partial charge < -0.3 is 10.9 Å². The number of nitrogens with two attached hydrogens (primary N) is 2. The molecule has 0 aliphatic heterocycles. The molecule has 1 rings (SSSR count). The summed E-state index contributed by atoms with van der Waals surface area (Å²) in [7, 11) is 0. The fraction of sp³-hybridized carbons (Fsp3) is 0.143. The van der Waals surface area contributed by atoms with E-state index in [2.05, 4.69) is 21.8 Å². The van der Waals surface area contributed by atoms with E-state index in [1.165, 1.54) is 0 Å². The van der Waals surface area contributed by atoms with Gasteiger partial charge in [0.05, 0.1) is 0 Å². The maximum absolute atomic E-state index is 6.50. The van der Waals surface area contributed by atoms with Gasteiger partial charge in [0, 0.05) is 11.0 Å². The second kappa shape index (κ2) is 6.30. The van der Waals surface area contributed by atoms with Gasteiger partial charge in [0.25, 0.3) is 0 Å². The summed E-state index contributed by atoms with van der Waals surface area (Å²) in [5.41, 5.74) is 6.55. The average molecular weight is 219 g/mol. The van der Waals surface area contributed by atoms with Crippen molar-refractivity contribution < 1.29 is 5.21 Å². The van der Waals surface area contributed by atoms with Crippen molar-refractivity contribution in [3.05, 3.63) is 34.3 Å². The molecule has 0 unspecified atom stereocenters. The highest BCUT2D eigenvalue weighted by Gasteiger charge is 1.87. The van der Waals surface area contributed by atoms with Crippen LogP contribution in [0, 0.1) is 0 Å². The lowest BCUT2D eigenvalue weighted by Gasteiger charge is -1.94. The molecule has 0 aliphatic rings. The second-order valence-electron chi connectivity index (χ2n) is 1.83.